The van der Waals surface area contributed by atoms with E-state index in [9.17, 15) is 0 Å². The van der Waals surface area contributed by atoms with Gasteiger partial charge in [0.2, 0.25) is 0 Å². The van der Waals surface area contributed by atoms with E-state index in [0.29, 0.717) is 0 Å². The SMILES string of the molecule is CC1(C)c2ccccc2-c2cccc(-c3c4ccccc4c(-c4cc5cccc6oc7cccc4c7c56)c4ccccc34)c21. The lowest BCUT2D eigenvalue weighted by molar-refractivity contribution is 0.662. The summed E-state index contributed by atoms with van der Waals surface area (Å²) in [5.41, 5.74) is 12.5. The van der Waals surface area contributed by atoms with Crippen molar-refractivity contribution in [2.45, 2.75) is 19.3 Å². The number of furan rings is 1. The minimum atomic E-state index is -0.110. The first-order chi connectivity index (χ1) is 21.6. The fourth-order valence-corrected chi connectivity index (χ4v) is 8.44. The highest BCUT2D eigenvalue weighted by Crippen LogP contribution is 2.55. The lowest BCUT2D eigenvalue weighted by Crippen LogP contribution is -2.16. The molecule has 1 heteroatoms. The lowest BCUT2D eigenvalue weighted by Gasteiger charge is -2.26. The molecule has 44 heavy (non-hydrogen) atoms. The first-order valence-corrected chi connectivity index (χ1v) is 15.4. The summed E-state index contributed by atoms with van der Waals surface area (Å²) >= 11 is 0. The number of benzene rings is 8. The zero-order valence-electron chi connectivity index (χ0n) is 24.6. The van der Waals surface area contributed by atoms with Crippen LogP contribution in [0.4, 0.5) is 0 Å². The molecule has 0 atom stereocenters. The third kappa shape index (κ3) is 2.94. The zero-order chi connectivity index (χ0) is 29.2. The summed E-state index contributed by atoms with van der Waals surface area (Å²) in [6.45, 7) is 4.77. The van der Waals surface area contributed by atoms with Crippen molar-refractivity contribution in [1.82, 2.24) is 0 Å². The molecule has 8 aromatic carbocycles. The molecule has 9 aromatic rings. The van der Waals surface area contributed by atoms with E-state index in [0.717, 1.165) is 11.2 Å². The van der Waals surface area contributed by atoms with E-state index in [1.807, 2.05) is 0 Å². The van der Waals surface area contributed by atoms with Gasteiger partial charge >= 0.3 is 0 Å². The summed E-state index contributed by atoms with van der Waals surface area (Å²) in [6, 6.07) is 49.2. The largest absolute Gasteiger partial charge is 0.456 e. The standard InChI is InChI=1S/C43H28O/c1-43(2)35-21-8-7-13-26(35)32-19-10-20-33(42(32)43)39-27-14-3-5-16-29(27)40(30-17-6-4-15-28(30)39)34-24-25-12-9-22-36-38(25)41-31(34)18-11-23-37(41)44-36/h3-24H,1-2H3. The van der Waals surface area contributed by atoms with Crippen molar-refractivity contribution in [3.05, 3.63) is 145 Å². The van der Waals surface area contributed by atoms with Gasteiger partial charge in [-0.15, -0.1) is 0 Å². The van der Waals surface area contributed by atoms with Crippen LogP contribution in [0, 0.1) is 0 Å². The van der Waals surface area contributed by atoms with Gasteiger partial charge in [-0.1, -0.05) is 129 Å². The zero-order valence-corrected chi connectivity index (χ0v) is 24.6. The normalized spacial score (nSPS) is 13.9. The quantitative estimate of drug-likeness (QED) is 0.151. The van der Waals surface area contributed by atoms with Crippen molar-refractivity contribution in [2.75, 3.05) is 0 Å². The Hall–Kier alpha value is -5.40. The van der Waals surface area contributed by atoms with Gasteiger partial charge in [-0.05, 0) is 95.0 Å². The summed E-state index contributed by atoms with van der Waals surface area (Å²) in [6.07, 6.45) is 0. The lowest BCUT2D eigenvalue weighted by atomic mass is 9.76. The summed E-state index contributed by atoms with van der Waals surface area (Å²) in [5, 5.41) is 10.00. The van der Waals surface area contributed by atoms with Crippen LogP contribution in [0.2, 0.25) is 0 Å². The third-order valence-corrected chi connectivity index (χ3v) is 10.2. The van der Waals surface area contributed by atoms with Gasteiger partial charge in [0.05, 0.1) is 0 Å². The summed E-state index contributed by atoms with van der Waals surface area (Å²) in [4.78, 5) is 0. The Morgan fingerprint density at radius 1 is 0.432 bits per heavy atom. The van der Waals surface area contributed by atoms with Crippen LogP contribution in [0.25, 0.3) is 87.6 Å². The Bertz CT molecular complexity index is 2570. The van der Waals surface area contributed by atoms with E-state index in [1.165, 1.54) is 87.6 Å². The first kappa shape index (κ1) is 24.1. The molecule has 1 heterocycles. The van der Waals surface area contributed by atoms with E-state index in [1.54, 1.807) is 0 Å². The Balaban J connectivity index is 1.37. The maximum absolute atomic E-state index is 6.35. The van der Waals surface area contributed by atoms with E-state index in [2.05, 4.69) is 147 Å². The fraction of sp³-hybridized carbons (Fsp3) is 0.0698. The minimum Gasteiger partial charge on any atom is -0.456 e. The Labute approximate surface area is 255 Å². The molecule has 0 aliphatic heterocycles. The van der Waals surface area contributed by atoms with Crippen molar-refractivity contribution in [1.29, 1.82) is 0 Å². The Morgan fingerprint density at radius 3 is 1.68 bits per heavy atom. The van der Waals surface area contributed by atoms with Gasteiger partial charge < -0.3 is 4.42 Å². The number of fused-ring (bicyclic) bond motifs is 5. The van der Waals surface area contributed by atoms with Crippen LogP contribution < -0.4 is 0 Å². The van der Waals surface area contributed by atoms with Gasteiger partial charge in [0.15, 0.2) is 0 Å². The van der Waals surface area contributed by atoms with Gasteiger partial charge in [-0.3, -0.25) is 0 Å². The molecule has 0 fully saturated rings. The molecule has 0 spiro atoms. The summed E-state index contributed by atoms with van der Waals surface area (Å²) in [5.74, 6) is 0. The monoisotopic (exact) mass is 560 g/mol. The molecule has 0 radical (unpaired) electrons. The second-order valence-electron chi connectivity index (χ2n) is 12.8. The molecule has 1 aromatic heterocycles. The fourth-order valence-electron chi connectivity index (χ4n) is 8.44. The van der Waals surface area contributed by atoms with Crippen molar-refractivity contribution in [3.63, 3.8) is 0 Å². The van der Waals surface area contributed by atoms with Crippen LogP contribution >= 0.6 is 0 Å². The molecule has 0 amide bonds. The highest BCUT2D eigenvalue weighted by Gasteiger charge is 2.38. The van der Waals surface area contributed by atoms with Gasteiger partial charge in [0.25, 0.3) is 0 Å². The molecule has 0 saturated carbocycles. The van der Waals surface area contributed by atoms with Crippen molar-refractivity contribution < 1.29 is 4.42 Å². The van der Waals surface area contributed by atoms with Crippen molar-refractivity contribution in [2.24, 2.45) is 0 Å². The number of rotatable bonds is 2. The van der Waals surface area contributed by atoms with E-state index >= 15 is 0 Å². The Morgan fingerprint density at radius 2 is 0.955 bits per heavy atom. The molecule has 0 saturated heterocycles. The predicted octanol–water partition coefficient (Wildman–Crippen LogP) is 12.1. The highest BCUT2D eigenvalue weighted by atomic mass is 16.3. The van der Waals surface area contributed by atoms with Crippen LogP contribution in [0.3, 0.4) is 0 Å². The number of hydrogen-bond donors (Lipinski definition) is 0. The average molecular weight is 561 g/mol. The molecule has 1 aliphatic rings. The van der Waals surface area contributed by atoms with Crippen LogP contribution in [0.1, 0.15) is 25.0 Å². The van der Waals surface area contributed by atoms with Gasteiger partial charge in [0.1, 0.15) is 11.2 Å². The minimum absolute atomic E-state index is 0.110. The van der Waals surface area contributed by atoms with Crippen LogP contribution in [-0.4, -0.2) is 0 Å². The number of hydrogen-bond acceptors (Lipinski definition) is 1. The van der Waals surface area contributed by atoms with Crippen molar-refractivity contribution in [3.8, 4) is 33.4 Å². The molecular formula is C43H28O. The Kier molecular flexibility index (Phi) is 4.58. The van der Waals surface area contributed by atoms with Crippen LogP contribution in [0.5, 0.6) is 0 Å². The molecule has 0 unspecified atom stereocenters. The van der Waals surface area contributed by atoms with Crippen LogP contribution in [-0.2, 0) is 5.41 Å². The van der Waals surface area contributed by atoms with Gasteiger partial charge in [-0.2, -0.15) is 0 Å². The van der Waals surface area contributed by atoms with Crippen LogP contribution in [0.15, 0.2) is 138 Å². The molecule has 10 rings (SSSR count). The highest BCUT2D eigenvalue weighted by molar-refractivity contribution is 6.30. The second-order valence-corrected chi connectivity index (χ2v) is 12.8. The topological polar surface area (TPSA) is 13.1 Å². The van der Waals surface area contributed by atoms with E-state index < -0.39 is 0 Å². The van der Waals surface area contributed by atoms with Gasteiger partial charge in [-0.25, -0.2) is 0 Å². The smallest absolute Gasteiger partial charge is 0.136 e. The molecule has 0 bridgehead atoms. The maximum Gasteiger partial charge on any atom is 0.136 e. The first-order valence-electron chi connectivity index (χ1n) is 15.4. The molecule has 206 valence electrons. The third-order valence-electron chi connectivity index (χ3n) is 10.2. The summed E-state index contributed by atoms with van der Waals surface area (Å²) < 4.78 is 6.35. The van der Waals surface area contributed by atoms with E-state index in [-0.39, 0.29) is 5.41 Å². The van der Waals surface area contributed by atoms with Gasteiger partial charge in [0, 0.05) is 16.2 Å². The average Bonchev–Trinajstić information content (AvgIpc) is 3.56. The van der Waals surface area contributed by atoms with E-state index in [4.69, 9.17) is 4.42 Å². The van der Waals surface area contributed by atoms with Crippen molar-refractivity contribution >= 4 is 54.3 Å². The predicted molar refractivity (Wildman–Crippen MR) is 186 cm³/mol. The summed E-state index contributed by atoms with van der Waals surface area (Å²) in [7, 11) is 0. The molecule has 1 aliphatic carbocycles. The molecule has 1 nitrogen and oxygen atoms in total. The maximum atomic E-state index is 6.35. The molecule has 0 N–H and O–H groups in total. The second kappa shape index (κ2) is 8.36. The molecular weight excluding hydrogens is 532 g/mol.